The third kappa shape index (κ3) is 4.79. The van der Waals surface area contributed by atoms with Crippen molar-refractivity contribution in [3.05, 3.63) is 52.5 Å². The van der Waals surface area contributed by atoms with Crippen LogP contribution < -0.4 is 9.46 Å². The van der Waals surface area contributed by atoms with Crippen LogP contribution in [0.2, 0.25) is 10.0 Å². The third-order valence-corrected chi connectivity index (χ3v) is 5.87. The molecule has 1 atom stereocenters. The summed E-state index contributed by atoms with van der Waals surface area (Å²) in [5.74, 6) is 0.574. The highest BCUT2D eigenvalue weighted by Crippen LogP contribution is 2.27. The molecule has 0 radical (unpaired) electrons. The summed E-state index contributed by atoms with van der Waals surface area (Å²) in [6.07, 6.45) is 2.11. The fourth-order valence-electron chi connectivity index (χ4n) is 2.47. The lowest BCUT2D eigenvalue weighted by Gasteiger charge is -2.13. The normalized spacial score (nSPS) is 17.4. The molecule has 0 aliphatic carbocycles. The monoisotopic (exact) mass is 401 g/mol. The highest BCUT2D eigenvalue weighted by atomic mass is 35.5. The largest absolute Gasteiger partial charge is 0.491 e. The number of nitrogens with one attached hydrogen (secondary N) is 1. The van der Waals surface area contributed by atoms with E-state index in [1.54, 1.807) is 24.3 Å². The van der Waals surface area contributed by atoms with Crippen molar-refractivity contribution in [3.63, 3.8) is 0 Å². The van der Waals surface area contributed by atoms with Gasteiger partial charge < -0.3 is 9.47 Å². The van der Waals surface area contributed by atoms with Crippen LogP contribution in [0.1, 0.15) is 12.8 Å². The molecule has 0 spiro atoms. The predicted octanol–water partition coefficient (Wildman–Crippen LogP) is 4.35. The lowest BCUT2D eigenvalue weighted by atomic mass is 10.2. The first kappa shape index (κ1) is 18.3. The predicted molar refractivity (Wildman–Crippen MR) is 98.2 cm³/mol. The average Bonchev–Trinajstić information content (AvgIpc) is 3.09. The van der Waals surface area contributed by atoms with E-state index in [1.165, 1.54) is 18.2 Å². The molecule has 1 saturated heterocycles. The number of rotatable bonds is 6. The van der Waals surface area contributed by atoms with Crippen LogP contribution >= 0.6 is 23.2 Å². The van der Waals surface area contributed by atoms with Gasteiger partial charge in [-0.15, -0.1) is 0 Å². The van der Waals surface area contributed by atoms with Crippen LogP contribution in [-0.2, 0) is 14.8 Å². The van der Waals surface area contributed by atoms with Crippen molar-refractivity contribution >= 4 is 38.9 Å². The molecule has 0 unspecified atom stereocenters. The smallest absolute Gasteiger partial charge is 0.261 e. The van der Waals surface area contributed by atoms with Gasteiger partial charge in [-0.2, -0.15) is 0 Å². The highest BCUT2D eigenvalue weighted by molar-refractivity contribution is 7.92. The Morgan fingerprint density at radius 1 is 1.16 bits per heavy atom. The van der Waals surface area contributed by atoms with E-state index in [2.05, 4.69) is 4.72 Å². The van der Waals surface area contributed by atoms with Crippen molar-refractivity contribution in [1.82, 2.24) is 0 Å². The van der Waals surface area contributed by atoms with Crippen molar-refractivity contribution in [2.24, 2.45) is 0 Å². The first-order chi connectivity index (χ1) is 11.9. The highest BCUT2D eigenvalue weighted by Gasteiger charge is 2.17. The Hall–Kier alpha value is -1.47. The number of sulfonamides is 1. The molecule has 25 heavy (non-hydrogen) atoms. The Morgan fingerprint density at radius 3 is 2.72 bits per heavy atom. The van der Waals surface area contributed by atoms with Gasteiger partial charge in [-0.05, 0) is 43.2 Å². The molecule has 5 nitrogen and oxygen atoms in total. The third-order valence-electron chi connectivity index (χ3n) is 3.75. The van der Waals surface area contributed by atoms with Gasteiger partial charge in [-0.3, -0.25) is 4.72 Å². The Labute approximate surface area is 156 Å². The summed E-state index contributed by atoms with van der Waals surface area (Å²) in [6, 6.07) is 10.9. The second kappa shape index (κ2) is 7.83. The van der Waals surface area contributed by atoms with E-state index < -0.39 is 10.0 Å². The number of hydrogen-bond donors (Lipinski definition) is 1. The zero-order valence-electron chi connectivity index (χ0n) is 13.2. The van der Waals surface area contributed by atoms with E-state index in [0.717, 1.165) is 19.4 Å². The van der Waals surface area contributed by atoms with Crippen LogP contribution in [0.25, 0.3) is 0 Å². The number of ether oxygens (including phenoxy) is 2. The summed E-state index contributed by atoms with van der Waals surface area (Å²) in [7, 11) is -3.77. The van der Waals surface area contributed by atoms with Crippen molar-refractivity contribution in [2.75, 3.05) is 17.9 Å². The van der Waals surface area contributed by atoms with Gasteiger partial charge in [0, 0.05) is 12.7 Å². The van der Waals surface area contributed by atoms with Gasteiger partial charge >= 0.3 is 0 Å². The molecule has 0 bridgehead atoms. The standard InChI is InChI=1S/C17H17Cl2NO4S/c18-16-7-6-15(10-17(16)19)25(21,22)20-12-3-1-4-13(9-12)24-11-14-5-2-8-23-14/h1,3-4,6-7,9-10,14,20H,2,5,8,11H2/t14-/m1/s1. The van der Waals surface area contributed by atoms with Crippen molar-refractivity contribution in [3.8, 4) is 5.75 Å². The van der Waals surface area contributed by atoms with E-state index in [-0.39, 0.29) is 16.0 Å². The summed E-state index contributed by atoms with van der Waals surface area (Å²) >= 11 is 11.7. The molecule has 1 aliphatic rings. The Kier molecular flexibility index (Phi) is 5.74. The van der Waals surface area contributed by atoms with Gasteiger partial charge in [0.1, 0.15) is 12.4 Å². The molecule has 0 amide bonds. The molecule has 0 saturated carbocycles. The zero-order valence-corrected chi connectivity index (χ0v) is 15.6. The van der Waals surface area contributed by atoms with E-state index in [0.29, 0.717) is 23.1 Å². The summed E-state index contributed by atoms with van der Waals surface area (Å²) in [4.78, 5) is 0.0348. The summed E-state index contributed by atoms with van der Waals surface area (Å²) in [5, 5.41) is 0.475. The van der Waals surface area contributed by atoms with Crippen LogP contribution in [0.3, 0.4) is 0 Å². The Morgan fingerprint density at radius 2 is 2.00 bits per heavy atom. The maximum Gasteiger partial charge on any atom is 0.261 e. The van der Waals surface area contributed by atoms with E-state index >= 15 is 0 Å². The molecule has 1 N–H and O–H groups in total. The van der Waals surface area contributed by atoms with Gasteiger partial charge in [0.05, 0.1) is 26.7 Å². The minimum absolute atomic E-state index is 0.0348. The first-order valence-electron chi connectivity index (χ1n) is 7.76. The summed E-state index contributed by atoms with van der Waals surface area (Å²) < 4.78 is 38.6. The minimum atomic E-state index is -3.77. The molecule has 2 aromatic carbocycles. The van der Waals surface area contributed by atoms with Crippen LogP contribution in [0.5, 0.6) is 5.75 Å². The van der Waals surface area contributed by atoms with Gasteiger partial charge in [0.15, 0.2) is 0 Å². The average molecular weight is 402 g/mol. The lowest BCUT2D eigenvalue weighted by Crippen LogP contribution is -2.16. The summed E-state index contributed by atoms with van der Waals surface area (Å²) in [5.41, 5.74) is 0.399. The van der Waals surface area contributed by atoms with Crippen LogP contribution in [0.15, 0.2) is 47.4 Å². The molecule has 1 fully saturated rings. The van der Waals surface area contributed by atoms with Crippen molar-refractivity contribution < 1.29 is 17.9 Å². The molecule has 1 aliphatic heterocycles. The molecule has 2 aromatic rings. The van der Waals surface area contributed by atoms with Gasteiger partial charge in [-0.25, -0.2) is 8.42 Å². The fourth-order valence-corrected chi connectivity index (χ4v) is 3.91. The lowest BCUT2D eigenvalue weighted by molar-refractivity contribution is 0.0680. The Bertz CT molecular complexity index is 851. The molecule has 8 heteroatoms. The zero-order chi connectivity index (χ0) is 17.9. The number of hydrogen-bond acceptors (Lipinski definition) is 4. The maximum atomic E-state index is 12.5. The summed E-state index contributed by atoms with van der Waals surface area (Å²) in [6.45, 7) is 1.21. The second-order valence-corrected chi connectivity index (χ2v) is 8.15. The SMILES string of the molecule is O=S(=O)(Nc1cccc(OC[C@H]2CCCO2)c1)c1ccc(Cl)c(Cl)c1. The van der Waals surface area contributed by atoms with Crippen LogP contribution in [0.4, 0.5) is 5.69 Å². The molecular formula is C17H17Cl2NO4S. The fraction of sp³-hybridized carbons (Fsp3) is 0.294. The number of benzene rings is 2. The van der Waals surface area contributed by atoms with Crippen molar-refractivity contribution in [2.45, 2.75) is 23.8 Å². The molecule has 0 aromatic heterocycles. The minimum Gasteiger partial charge on any atom is -0.491 e. The van der Waals surface area contributed by atoms with E-state index in [9.17, 15) is 8.42 Å². The van der Waals surface area contributed by atoms with Gasteiger partial charge in [-0.1, -0.05) is 29.3 Å². The molecular weight excluding hydrogens is 385 g/mol. The van der Waals surface area contributed by atoms with Crippen LogP contribution in [0, 0.1) is 0 Å². The van der Waals surface area contributed by atoms with Crippen molar-refractivity contribution in [1.29, 1.82) is 0 Å². The first-order valence-corrected chi connectivity index (χ1v) is 10.0. The van der Waals surface area contributed by atoms with Gasteiger partial charge in [0.25, 0.3) is 10.0 Å². The van der Waals surface area contributed by atoms with E-state index in [1.807, 2.05) is 0 Å². The molecule has 1 heterocycles. The Balaban J connectivity index is 1.70. The second-order valence-electron chi connectivity index (χ2n) is 5.66. The number of anilines is 1. The van der Waals surface area contributed by atoms with Crippen LogP contribution in [-0.4, -0.2) is 27.7 Å². The molecule has 3 rings (SSSR count). The number of halogens is 2. The maximum absolute atomic E-state index is 12.5. The quantitative estimate of drug-likeness (QED) is 0.780. The molecule has 134 valence electrons. The topological polar surface area (TPSA) is 64.6 Å². The van der Waals surface area contributed by atoms with E-state index in [4.69, 9.17) is 32.7 Å². The van der Waals surface area contributed by atoms with Gasteiger partial charge in [0.2, 0.25) is 0 Å².